The maximum atomic E-state index is 6.14. The molecule has 3 rings (SSSR count). The van der Waals surface area contributed by atoms with Gasteiger partial charge in [0.05, 0.1) is 0 Å². The Labute approximate surface area is 116 Å². The molecule has 0 fully saturated rings. The predicted octanol–water partition coefficient (Wildman–Crippen LogP) is 3.91. The molecule has 17 heavy (non-hydrogen) atoms. The Morgan fingerprint density at radius 1 is 0.941 bits per heavy atom. The Balaban J connectivity index is 2.38. The van der Waals surface area contributed by atoms with Gasteiger partial charge in [-0.05, 0) is 45.8 Å². The van der Waals surface area contributed by atoms with E-state index in [2.05, 4.69) is 59.4 Å². The zero-order valence-corrected chi connectivity index (χ0v) is 13.1. The third-order valence-electron chi connectivity index (χ3n) is 3.60. The molecule has 0 saturated carbocycles. The molecule has 86 valence electrons. The van der Waals surface area contributed by atoms with Crippen LogP contribution in [-0.2, 0) is 0 Å². The first-order valence-electron chi connectivity index (χ1n) is 5.60. The first-order chi connectivity index (χ1) is 8.00. The van der Waals surface area contributed by atoms with Crippen LogP contribution < -0.4 is 10.4 Å². The lowest BCUT2D eigenvalue weighted by Gasteiger charge is -2.18. The average molecular weight is 324 g/mol. The van der Waals surface area contributed by atoms with Crippen LogP contribution in [-0.4, -0.2) is 8.07 Å². The molecule has 1 heterocycles. The van der Waals surface area contributed by atoms with Crippen molar-refractivity contribution in [1.29, 1.82) is 0 Å². The first-order valence-corrected chi connectivity index (χ1v) is 9.77. The maximum Gasteiger partial charge on any atom is 0.113 e. The van der Waals surface area contributed by atoms with Crippen LogP contribution in [0.4, 0.5) is 0 Å². The van der Waals surface area contributed by atoms with E-state index in [4.69, 9.17) is 11.6 Å². The van der Waals surface area contributed by atoms with Gasteiger partial charge in [0.1, 0.15) is 8.07 Å². The highest BCUT2D eigenvalue weighted by atomic mass is 79.9. The molecule has 1 aliphatic heterocycles. The summed E-state index contributed by atoms with van der Waals surface area (Å²) in [6.07, 6.45) is 0. The SMILES string of the molecule is C[Si]1(C)c2ccc(Br)cc2-c2ccc(Cl)cc21. The summed E-state index contributed by atoms with van der Waals surface area (Å²) in [7, 11) is -1.54. The molecule has 2 aromatic rings. The molecule has 0 unspecified atom stereocenters. The van der Waals surface area contributed by atoms with Crippen molar-refractivity contribution in [2.75, 3.05) is 0 Å². The molecule has 3 heteroatoms. The third kappa shape index (κ3) is 1.62. The summed E-state index contributed by atoms with van der Waals surface area (Å²) < 4.78 is 1.14. The summed E-state index contributed by atoms with van der Waals surface area (Å²) >= 11 is 9.70. The molecule has 0 nitrogen and oxygen atoms in total. The number of halogens is 2. The van der Waals surface area contributed by atoms with Crippen LogP contribution in [0.3, 0.4) is 0 Å². The van der Waals surface area contributed by atoms with Gasteiger partial charge in [0.2, 0.25) is 0 Å². The van der Waals surface area contributed by atoms with Gasteiger partial charge in [-0.15, -0.1) is 0 Å². The number of fused-ring (bicyclic) bond motifs is 3. The molecular formula is C14H12BrClSi. The summed E-state index contributed by atoms with van der Waals surface area (Å²) in [5, 5.41) is 3.81. The zero-order valence-electron chi connectivity index (χ0n) is 9.72. The van der Waals surface area contributed by atoms with Crippen LogP contribution >= 0.6 is 27.5 Å². The molecule has 0 bridgehead atoms. The van der Waals surface area contributed by atoms with Crippen molar-refractivity contribution in [3.05, 3.63) is 45.9 Å². The third-order valence-corrected chi connectivity index (χ3v) is 7.87. The van der Waals surface area contributed by atoms with Crippen LogP contribution in [0.1, 0.15) is 0 Å². The molecule has 0 saturated heterocycles. The smallest absolute Gasteiger partial charge is 0.0843 e. The van der Waals surface area contributed by atoms with Gasteiger partial charge in [-0.2, -0.15) is 0 Å². The van der Waals surface area contributed by atoms with Crippen molar-refractivity contribution >= 4 is 46.0 Å². The lowest BCUT2D eigenvalue weighted by atomic mass is 10.1. The van der Waals surface area contributed by atoms with Gasteiger partial charge in [-0.1, -0.05) is 52.8 Å². The fourth-order valence-electron chi connectivity index (χ4n) is 2.70. The van der Waals surface area contributed by atoms with Crippen molar-refractivity contribution in [1.82, 2.24) is 0 Å². The van der Waals surface area contributed by atoms with Gasteiger partial charge < -0.3 is 0 Å². The standard InChI is InChI=1S/C14H12BrClSi/c1-17(2)13-6-3-9(15)7-12(13)11-5-4-10(16)8-14(11)17/h3-8H,1-2H3. The van der Waals surface area contributed by atoms with E-state index in [1.165, 1.54) is 21.5 Å². The van der Waals surface area contributed by atoms with Crippen LogP contribution in [0.5, 0.6) is 0 Å². The normalized spacial score (nSPS) is 15.5. The van der Waals surface area contributed by atoms with E-state index in [9.17, 15) is 0 Å². The van der Waals surface area contributed by atoms with Crippen LogP contribution in [0.2, 0.25) is 18.1 Å². The van der Waals surface area contributed by atoms with E-state index in [1.54, 1.807) is 0 Å². The first kappa shape index (κ1) is 11.5. The van der Waals surface area contributed by atoms with Gasteiger partial charge in [-0.3, -0.25) is 0 Å². The average Bonchev–Trinajstić information content (AvgIpc) is 2.48. The highest BCUT2D eigenvalue weighted by molar-refractivity contribution is 9.10. The van der Waals surface area contributed by atoms with E-state index in [0.29, 0.717) is 0 Å². The summed E-state index contributed by atoms with van der Waals surface area (Å²) in [6, 6.07) is 12.9. The lowest BCUT2D eigenvalue weighted by molar-refractivity contribution is 1.66. The predicted molar refractivity (Wildman–Crippen MR) is 81.3 cm³/mol. The van der Waals surface area contributed by atoms with Crippen molar-refractivity contribution in [3.8, 4) is 11.1 Å². The van der Waals surface area contributed by atoms with E-state index in [-0.39, 0.29) is 0 Å². The zero-order chi connectivity index (χ0) is 12.2. The summed E-state index contributed by atoms with van der Waals surface area (Å²) in [5.41, 5.74) is 2.74. The largest absolute Gasteiger partial charge is 0.113 e. The molecule has 0 N–H and O–H groups in total. The molecule has 0 radical (unpaired) electrons. The highest BCUT2D eigenvalue weighted by Gasteiger charge is 2.37. The van der Waals surface area contributed by atoms with E-state index in [1.807, 2.05) is 6.07 Å². The monoisotopic (exact) mass is 322 g/mol. The molecule has 0 atom stereocenters. The highest BCUT2D eigenvalue weighted by Crippen LogP contribution is 2.31. The number of hydrogen-bond donors (Lipinski definition) is 0. The molecule has 1 aliphatic rings. The second-order valence-electron chi connectivity index (χ2n) is 5.00. The van der Waals surface area contributed by atoms with Crippen LogP contribution in [0.25, 0.3) is 11.1 Å². The fourth-order valence-corrected chi connectivity index (χ4v) is 6.40. The number of hydrogen-bond acceptors (Lipinski definition) is 0. The topological polar surface area (TPSA) is 0 Å². The van der Waals surface area contributed by atoms with Crippen molar-refractivity contribution in [2.45, 2.75) is 13.1 Å². The Morgan fingerprint density at radius 2 is 1.71 bits per heavy atom. The minimum atomic E-state index is -1.54. The molecule has 0 aromatic heterocycles. The van der Waals surface area contributed by atoms with Crippen molar-refractivity contribution < 1.29 is 0 Å². The van der Waals surface area contributed by atoms with Crippen LogP contribution in [0.15, 0.2) is 40.9 Å². The van der Waals surface area contributed by atoms with Gasteiger partial charge in [0, 0.05) is 9.50 Å². The van der Waals surface area contributed by atoms with Crippen molar-refractivity contribution in [3.63, 3.8) is 0 Å². The summed E-state index contributed by atoms with van der Waals surface area (Å²) in [5.74, 6) is 0. The fraction of sp³-hybridized carbons (Fsp3) is 0.143. The second-order valence-corrected chi connectivity index (χ2v) is 10.7. The van der Waals surface area contributed by atoms with Gasteiger partial charge in [0.15, 0.2) is 0 Å². The molecular weight excluding hydrogens is 312 g/mol. The second kappa shape index (κ2) is 3.71. The van der Waals surface area contributed by atoms with Gasteiger partial charge in [-0.25, -0.2) is 0 Å². The molecule has 0 aliphatic carbocycles. The Kier molecular flexibility index (Phi) is 2.51. The summed E-state index contributed by atoms with van der Waals surface area (Å²) in [4.78, 5) is 0. The van der Waals surface area contributed by atoms with Gasteiger partial charge >= 0.3 is 0 Å². The lowest BCUT2D eigenvalue weighted by Crippen LogP contribution is -2.49. The minimum Gasteiger partial charge on any atom is -0.0843 e. The van der Waals surface area contributed by atoms with E-state index in [0.717, 1.165) is 9.50 Å². The minimum absolute atomic E-state index is 0.844. The van der Waals surface area contributed by atoms with Crippen LogP contribution in [0, 0.1) is 0 Å². The van der Waals surface area contributed by atoms with E-state index < -0.39 is 8.07 Å². The quantitative estimate of drug-likeness (QED) is 0.645. The number of benzene rings is 2. The molecule has 2 aromatic carbocycles. The molecule has 0 amide bonds. The van der Waals surface area contributed by atoms with Gasteiger partial charge in [0.25, 0.3) is 0 Å². The Morgan fingerprint density at radius 3 is 2.47 bits per heavy atom. The Bertz CT molecular complexity index is 620. The van der Waals surface area contributed by atoms with E-state index >= 15 is 0 Å². The molecule has 0 spiro atoms. The number of rotatable bonds is 0. The Hall–Kier alpha value is -0.573. The summed E-state index contributed by atoms with van der Waals surface area (Å²) in [6.45, 7) is 4.78. The maximum absolute atomic E-state index is 6.14. The van der Waals surface area contributed by atoms with Crippen molar-refractivity contribution in [2.24, 2.45) is 0 Å².